The highest BCUT2D eigenvalue weighted by molar-refractivity contribution is 5.51. The maximum Gasteiger partial charge on any atom is 0.0801 e. The van der Waals surface area contributed by atoms with E-state index in [1.807, 2.05) is 0 Å². The number of fused-ring (bicyclic) bond motifs is 4. The number of hydrogen-bond acceptors (Lipinski definition) is 2. The molecule has 0 amide bonds. The summed E-state index contributed by atoms with van der Waals surface area (Å²) in [7, 11) is 0. The average molecular weight is 411 g/mol. The standard InChI is InChI=1S/C28H42O2/c1-17(2)18(3)7-8-19(4)26-25(30)16-24-22-10-9-20-15-21(29)11-13-27(20,5)23(22)12-14-28(24,26)6/h7-10,17-18,20-21,23,25,29-30H,11-16H2,1-6H3/b8-7+,26-19-/t18?,20-,21-,23-,25+,27-,28-/m0/s1. The molecule has 0 bridgehead atoms. The first-order valence-corrected chi connectivity index (χ1v) is 12.2. The van der Waals surface area contributed by atoms with Crippen molar-refractivity contribution in [2.24, 2.45) is 34.5 Å². The number of rotatable bonds is 3. The zero-order valence-corrected chi connectivity index (χ0v) is 19.9. The van der Waals surface area contributed by atoms with Crippen LogP contribution in [0.5, 0.6) is 0 Å². The van der Waals surface area contributed by atoms with E-state index in [4.69, 9.17) is 0 Å². The summed E-state index contributed by atoms with van der Waals surface area (Å²) in [5.41, 5.74) is 5.78. The van der Waals surface area contributed by atoms with Crippen LogP contribution in [0.2, 0.25) is 0 Å². The van der Waals surface area contributed by atoms with E-state index < -0.39 is 0 Å². The number of aliphatic hydroxyl groups is 2. The largest absolute Gasteiger partial charge is 0.393 e. The van der Waals surface area contributed by atoms with Crippen LogP contribution in [-0.2, 0) is 0 Å². The summed E-state index contributed by atoms with van der Waals surface area (Å²) in [6.07, 6.45) is 14.9. The van der Waals surface area contributed by atoms with E-state index in [9.17, 15) is 10.2 Å². The Bertz CT molecular complexity index is 812. The van der Waals surface area contributed by atoms with Crippen molar-refractivity contribution in [1.82, 2.24) is 0 Å². The molecule has 0 aliphatic heterocycles. The van der Waals surface area contributed by atoms with Crippen LogP contribution in [0.3, 0.4) is 0 Å². The van der Waals surface area contributed by atoms with Gasteiger partial charge in [0.15, 0.2) is 0 Å². The molecule has 0 aromatic rings. The fourth-order valence-corrected chi connectivity index (χ4v) is 7.07. The minimum atomic E-state index is -0.359. The molecule has 0 saturated heterocycles. The summed E-state index contributed by atoms with van der Waals surface area (Å²) in [5.74, 6) is 2.24. The van der Waals surface area contributed by atoms with Crippen molar-refractivity contribution in [2.45, 2.75) is 92.3 Å². The maximum atomic E-state index is 11.2. The first-order chi connectivity index (χ1) is 14.1. The lowest BCUT2D eigenvalue weighted by Gasteiger charge is -2.53. The Morgan fingerprint density at radius 2 is 1.87 bits per heavy atom. The molecule has 1 unspecified atom stereocenters. The van der Waals surface area contributed by atoms with Crippen LogP contribution in [-0.4, -0.2) is 22.4 Å². The lowest BCUT2D eigenvalue weighted by Crippen LogP contribution is -2.45. The highest BCUT2D eigenvalue weighted by atomic mass is 16.3. The van der Waals surface area contributed by atoms with E-state index in [-0.39, 0.29) is 23.0 Å². The summed E-state index contributed by atoms with van der Waals surface area (Å²) in [6, 6.07) is 0. The predicted octanol–water partition coefficient (Wildman–Crippen LogP) is 6.37. The molecule has 4 rings (SSSR count). The Morgan fingerprint density at radius 1 is 1.13 bits per heavy atom. The van der Waals surface area contributed by atoms with Crippen LogP contribution < -0.4 is 0 Å². The minimum Gasteiger partial charge on any atom is -0.393 e. The molecule has 0 aromatic carbocycles. The van der Waals surface area contributed by atoms with Gasteiger partial charge in [0, 0.05) is 5.41 Å². The highest BCUT2D eigenvalue weighted by Gasteiger charge is 2.54. The average Bonchev–Trinajstić information content (AvgIpc) is 2.96. The predicted molar refractivity (Wildman–Crippen MR) is 125 cm³/mol. The van der Waals surface area contributed by atoms with Gasteiger partial charge in [-0.3, -0.25) is 0 Å². The Morgan fingerprint density at radius 3 is 2.57 bits per heavy atom. The first-order valence-electron chi connectivity index (χ1n) is 12.2. The molecule has 2 saturated carbocycles. The minimum absolute atomic E-state index is 0.0114. The fraction of sp³-hybridized carbons (Fsp3) is 0.714. The molecule has 0 radical (unpaired) electrons. The monoisotopic (exact) mass is 410 g/mol. The molecule has 2 heteroatoms. The molecule has 166 valence electrons. The molecule has 0 spiro atoms. The van der Waals surface area contributed by atoms with Gasteiger partial charge in [-0.25, -0.2) is 0 Å². The van der Waals surface area contributed by atoms with Gasteiger partial charge in [0.2, 0.25) is 0 Å². The molecular formula is C28H42O2. The molecular weight excluding hydrogens is 368 g/mol. The third-order valence-electron chi connectivity index (χ3n) is 9.47. The van der Waals surface area contributed by atoms with Crippen molar-refractivity contribution < 1.29 is 10.2 Å². The fourth-order valence-electron chi connectivity index (χ4n) is 7.07. The van der Waals surface area contributed by atoms with Crippen LogP contribution >= 0.6 is 0 Å². The number of aliphatic hydroxyl groups excluding tert-OH is 2. The molecule has 4 aliphatic rings. The second-order valence-corrected chi connectivity index (χ2v) is 11.5. The normalized spacial score (nSPS) is 43.6. The third-order valence-corrected chi connectivity index (χ3v) is 9.47. The smallest absolute Gasteiger partial charge is 0.0801 e. The Hall–Kier alpha value is -1.12. The maximum absolute atomic E-state index is 11.2. The van der Waals surface area contributed by atoms with Crippen molar-refractivity contribution in [3.8, 4) is 0 Å². The summed E-state index contributed by atoms with van der Waals surface area (Å²) >= 11 is 0. The lowest BCUT2D eigenvalue weighted by atomic mass is 9.51. The molecule has 0 heterocycles. The van der Waals surface area contributed by atoms with Gasteiger partial charge in [-0.2, -0.15) is 0 Å². The Kier molecular flexibility index (Phi) is 5.73. The second-order valence-electron chi connectivity index (χ2n) is 11.5. The molecule has 4 aliphatic carbocycles. The van der Waals surface area contributed by atoms with E-state index >= 15 is 0 Å². The van der Waals surface area contributed by atoms with E-state index in [2.05, 4.69) is 65.8 Å². The first kappa shape index (κ1) is 22.1. The summed E-state index contributed by atoms with van der Waals surface area (Å²) in [5, 5.41) is 21.4. The van der Waals surface area contributed by atoms with Crippen molar-refractivity contribution in [2.75, 3.05) is 0 Å². The van der Waals surface area contributed by atoms with E-state index in [0.29, 0.717) is 23.7 Å². The Balaban J connectivity index is 1.73. The number of allylic oxidation sites excluding steroid dienone is 6. The topological polar surface area (TPSA) is 40.5 Å². The van der Waals surface area contributed by atoms with Gasteiger partial charge in [0.25, 0.3) is 0 Å². The van der Waals surface area contributed by atoms with Crippen molar-refractivity contribution >= 4 is 0 Å². The SMILES string of the molecule is CC(/C=C/C(C)C(C)C)=C1\[C@H](O)CC2=C3C=C[C@H]4C[C@@H](O)CC[C@]4(C)[C@H]3CC[C@@]21C. The van der Waals surface area contributed by atoms with Gasteiger partial charge in [-0.15, -0.1) is 0 Å². The molecule has 2 nitrogen and oxygen atoms in total. The zero-order chi connectivity index (χ0) is 21.8. The van der Waals surface area contributed by atoms with Crippen LogP contribution in [0.15, 0.2) is 46.6 Å². The third kappa shape index (κ3) is 3.39. The lowest BCUT2D eigenvalue weighted by molar-refractivity contribution is 0.000729. The van der Waals surface area contributed by atoms with E-state index in [1.54, 1.807) is 0 Å². The quantitative estimate of drug-likeness (QED) is 0.568. The molecule has 2 N–H and O–H groups in total. The van der Waals surface area contributed by atoms with Crippen molar-refractivity contribution in [1.29, 1.82) is 0 Å². The van der Waals surface area contributed by atoms with Gasteiger partial charge in [0.05, 0.1) is 12.2 Å². The molecule has 7 atom stereocenters. The van der Waals surface area contributed by atoms with Gasteiger partial charge in [0.1, 0.15) is 0 Å². The van der Waals surface area contributed by atoms with Crippen LogP contribution in [0.4, 0.5) is 0 Å². The van der Waals surface area contributed by atoms with Crippen LogP contribution in [0.1, 0.15) is 80.1 Å². The summed E-state index contributed by atoms with van der Waals surface area (Å²) in [6.45, 7) is 13.8. The van der Waals surface area contributed by atoms with Crippen LogP contribution in [0, 0.1) is 34.5 Å². The summed E-state index contributed by atoms with van der Waals surface area (Å²) < 4.78 is 0. The summed E-state index contributed by atoms with van der Waals surface area (Å²) in [4.78, 5) is 0. The highest BCUT2D eigenvalue weighted by Crippen LogP contribution is 2.63. The van der Waals surface area contributed by atoms with Gasteiger partial charge >= 0.3 is 0 Å². The van der Waals surface area contributed by atoms with Crippen LogP contribution in [0.25, 0.3) is 0 Å². The molecule has 2 fully saturated rings. The van der Waals surface area contributed by atoms with Gasteiger partial charge in [-0.1, -0.05) is 64.5 Å². The van der Waals surface area contributed by atoms with Gasteiger partial charge in [-0.05, 0) is 91.3 Å². The molecule has 30 heavy (non-hydrogen) atoms. The Labute approximate surface area is 183 Å². The zero-order valence-electron chi connectivity index (χ0n) is 19.9. The molecule has 0 aromatic heterocycles. The second kappa shape index (κ2) is 7.78. The van der Waals surface area contributed by atoms with Gasteiger partial charge < -0.3 is 10.2 Å². The van der Waals surface area contributed by atoms with Crippen molar-refractivity contribution in [3.63, 3.8) is 0 Å². The number of hydrogen-bond donors (Lipinski definition) is 2. The van der Waals surface area contributed by atoms with E-state index in [1.165, 1.54) is 28.7 Å². The van der Waals surface area contributed by atoms with Crippen molar-refractivity contribution in [3.05, 3.63) is 46.6 Å². The van der Waals surface area contributed by atoms with E-state index in [0.717, 1.165) is 32.1 Å².